The number of thioether (sulfide) groups is 1. The van der Waals surface area contributed by atoms with Crippen LogP contribution in [0.15, 0.2) is 15.0 Å². The van der Waals surface area contributed by atoms with Gasteiger partial charge in [-0.05, 0) is 11.5 Å². The van der Waals surface area contributed by atoms with Crippen LogP contribution in [-0.2, 0) is 17.6 Å². The Morgan fingerprint density at radius 2 is 2.17 bits per heavy atom. The van der Waals surface area contributed by atoms with Crippen molar-refractivity contribution in [2.24, 2.45) is 0 Å². The number of aryl methyl sites for hydroxylation is 1. The molecule has 98 valence electrons. The molecule has 2 aromatic heterocycles. The number of hydrogen-bond acceptors (Lipinski definition) is 6. The second-order valence-electron chi connectivity index (χ2n) is 4.99. The van der Waals surface area contributed by atoms with E-state index < -0.39 is 0 Å². The van der Waals surface area contributed by atoms with Gasteiger partial charge < -0.3 is 4.42 Å². The highest BCUT2D eigenvalue weighted by Crippen LogP contribution is 2.27. The molecular formula is C12H17N3OS2. The van der Waals surface area contributed by atoms with Gasteiger partial charge in [-0.25, -0.2) is 9.97 Å². The molecule has 0 bridgehead atoms. The lowest BCUT2D eigenvalue weighted by molar-refractivity contribution is 0.391. The van der Waals surface area contributed by atoms with Crippen molar-refractivity contribution in [3.8, 4) is 0 Å². The third-order valence-corrected chi connectivity index (χ3v) is 4.23. The lowest BCUT2D eigenvalue weighted by Crippen LogP contribution is -2.09. The normalized spacial score (nSPS) is 12.0. The van der Waals surface area contributed by atoms with Crippen LogP contribution < -0.4 is 0 Å². The highest BCUT2D eigenvalue weighted by molar-refractivity contribution is 8.00. The number of nitrogens with zero attached hydrogens (tertiary/aromatic N) is 3. The fraction of sp³-hybridized carbons (Fsp3) is 0.583. The Morgan fingerprint density at radius 1 is 1.39 bits per heavy atom. The summed E-state index contributed by atoms with van der Waals surface area (Å²) in [6.45, 7) is 8.40. The number of aromatic nitrogens is 3. The predicted molar refractivity (Wildman–Crippen MR) is 74.1 cm³/mol. The van der Waals surface area contributed by atoms with Crippen molar-refractivity contribution in [2.75, 3.05) is 0 Å². The lowest BCUT2D eigenvalue weighted by Gasteiger charge is -2.12. The van der Waals surface area contributed by atoms with E-state index in [2.05, 4.69) is 42.0 Å². The van der Waals surface area contributed by atoms with Gasteiger partial charge in [0.05, 0.1) is 11.9 Å². The molecule has 0 saturated carbocycles. The molecule has 18 heavy (non-hydrogen) atoms. The van der Waals surface area contributed by atoms with Crippen LogP contribution in [0.1, 0.15) is 45.2 Å². The van der Waals surface area contributed by atoms with E-state index in [-0.39, 0.29) is 5.41 Å². The molecule has 6 heteroatoms. The average molecular weight is 283 g/mol. The molecule has 0 radical (unpaired) electrons. The Labute approximate surface area is 115 Å². The first kappa shape index (κ1) is 13.5. The van der Waals surface area contributed by atoms with Gasteiger partial charge in [0.1, 0.15) is 11.6 Å². The van der Waals surface area contributed by atoms with Crippen molar-refractivity contribution >= 4 is 23.3 Å². The van der Waals surface area contributed by atoms with Crippen LogP contribution in [0.2, 0.25) is 0 Å². The summed E-state index contributed by atoms with van der Waals surface area (Å²) in [6, 6.07) is 0. The molecule has 0 fully saturated rings. The van der Waals surface area contributed by atoms with E-state index in [1.807, 2.05) is 6.20 Å². The van der Waals surface area contributed by atoms with E-state index >= 15 is 0 Å². The third kappa shape index (κ3) is 3.32. The van der Waals surface area contributed by atoms with Gasteiger partial charge in [-0.1, -0.05) is 39.5 Å². The Balaban J connectivity index is 1.96. The van der Waals surface area contributed by atoms with Gasteiger partial charge in [0.15, 0.2) is 4.34 Å². The van der Waals surface area contributed by atoms with Gasteiger partial charge in [-0.2, -0.15) is 4.37 Å². The van der Waals surface area contributed by atoms with Gasteiger partial charge in [-0.15, -0.1) is 0 Å². The minimum atomic E-state index is 0.00797. The van der Waals surface area contributed by atoms with Crippen LogP contribution in [0.4, 0.5) is 0 Å². The van der Waals surface area contributed by atoms with E-state index in [1.54, 1.807) is 11.8 Å². The van der Waals surface area contributed by atoms with E-state index in [9.17, 15) is 0 Å². The van der Waals surface area contributed by atoms with E-state index in [1.165, 1.54) is 11.5 Å². The number of hydrogen-bond donors (Lipinski definition) is 0. The zero-order chi connectivity index (χ0) is 13.2. The minimum absolute atomic E-state index is 0.00797. The molecule has 0 aromatic carbocycles. The lowest BCUT2D eigenvalue weighted by atomic mass is 9.94. The van der Waals surface area contributed by atoms with Gasteiger partial charge >= 0.3 is 0 Å². The van der Waals surface area contributed by atoms with Gasteiger partial charge in [0.2, 0.25) is 5.89 Å². The monoisotopic (exact) mass is 283 g/mol. The molecule has 4 nitrogen and oxygen atoms in total. The molecular weight excluding hydrogens is 266 g/mol. The number of oxazole rings is 1. The first-order chi connectivity index (χ1) is 8.49. The topological polar surface area (TPSA) is 51.8 Å². The largest absolute Gasteiger partial charge is 0.444 e. The van der Waals surface area contributed by atoms with Crippen molar-refractivity contribution < 1.29 is 4.42 Å². The maximum Gasteiger partial charge on any atom is 0.204 e. The fourth-order valence-corrected chi connectivity index (χ4v) is 2.84. The van der Waals surface area contributed by atoms with Crippen LogP contribution in [0.5, 0.6) is 0 Å². The Kier molecular flexibility index (Phi) is 4.07. The maximum absolute atomic E-state index is 5.73. The van der Waals surface area contributed by atoms with Crippen molar-refractivity contribution in [1.82, 2.24) is 14.3 Å². The SMILES string of the molecule is CCc1nsc(SCc2ncc(C(C)(C)C)o2)n1. The summed E-state index contributed by atoms with van der Waals surface area (Å²) in [5.74, 6) is 3.28. The Bertz CT molecular complexity index is 513. The molecule has 2 heterocycles. The highest BCUT2D eigenvalue weighted by atomic mass is 32.2. The van der Waals surface area contributed by atoms with Crippen LogP contribution in [-0.4, -0.2) is 14.3 Å². The first-order valence-corrected chi connectivity index (χ1v) is 7.65. The molecule has 0 aliphatic rings. The molecule has 0 atom stereocenters. The first-order valence-electron chi connectivity index (χ1n) is 5.89. The summed E-state index contributed by atoms with van der Waals surface area (Å²) in [7, 11) is 0. The summed E-state index contributed by atoms with van der Waals surface area (Å²) in [6.07, 6.45) is 2.69. The maximum atomic E-state index is 5.73. The standard InChI is InChI=1S/C12H17N3OS2/c1-5-9-14-11(18-15-9)17-7-10-13-6-8(16-10)12(2,3)4/h6H,5,7H2,1-4H3. The molecule has 0 aliphatic heterocycles. The summed E-state index contributed by atoms with van der Waals surface area (Å²) in [5.41, 5.74) is 0.00797. The predicted octanol–water partition coefficient (Wildman–Crippen LogP) is 3.68. The van der Waals surface area contributed by atoms with Gasteiger partial charge in [0.25, 0.3) is 0 Å². The van der Waals surface area contributed by atoms with Crippen molar-refractivity contribution in [2.45, 2.75) is 49.6 Å². The third-order valence-electron chi connectivity index (χ3n) is 2.38. The summed E-state index contributed by atoms with van der Waals surface area (Å²) < 4.78 is 11.0. The van der Waals surface area contributed by atoms with Crippen LogP contribution >= 0.6 is 23.3 Å². The summed E-state index contributed by atoms with van der Waals surface area (Å²) in [5, 5.41) is 0. The van der Waals surface area contributed by atoms with Crippen LogP contribution in [0.3, 0.4) is 0 Å². The van der Waals surface area contributed by atoms with E-state index in [4.69, 9.17) is 4.42 Å². The Morgan fingerprint density at radius 3 is 2.72 bits per heavy atom. The second kappa shape index (κ2) is 5.40. The molecule has 0 unspecified atom stereocenters. The molecule has 2 aromatic rings. The zero-order valence-electron chi connectivity index (χ0n) is 11.1. The minimum Gasteiger partial charge on any atom is -0.444 e. The molecule has 0 N–H and O–H groups in total. The van der Waals surface area contributed by atoms with Crippen LogP contribution in [0.25, 0.3) is 0 Å². The molecule has 0 spiro atoms. The summed E-state index contributed by atoms with van der Waals surface area (Å²) >= 11 is 3.06. The second-order valence-corrected chi connectivity index (χ2v) is 6.96. The smallest absolute Gasteiger partial charge is 0.204 e. The van der Waals surface area contributed by atoms with E-state index in [0.29, 0.717) is 5.75 Å². The van der Waals surface area contributed by atoms with Crippen molar-refractivity contribution in [1.29, 1.82) is 0 Å². The van der Waals surface area contributed by atoms with Crippen LogP contribution in [0, 0.1) is 0 Å². The van der Waals surface area contributed by atoms with Gasteiger partial charge in [-0.3, -0.25) is 0 Å². The Hall–Kier alpha value is -0.880. The van der Waals surface area contributed by atoms with Gasteiger partial charge in [0, 0.05) is 11.8 Å². The quantitative estimate of drug-likeness (QED) is 0.801. The van der Waals surface area contributed by atoms with Crippen molar-refractivity contribution in [3.05, 3.63) is 23.7 Å². The average Bonchev–Trinajstić information content (AvgIpc) is 2.94. The summed E-state index contributed by atoms with van der Waals surface area (Å²) in [4.78, 5) is 8.69. The number of rotatable bonds is 4. The van der Waals surface area contributed by atoms with Crippen molar-refractivity contribution in [3.63, 3.8) is 0 Å². The fourth-order valence-electron chi connectivity index (χ4n) is 1.29. The van der Waals surface area contributed by atoms with E-state index in [0.717, 1.165) is 28.2 Å². The molecule has 0 amide bonds. The highest BCUT2D eigenvalue weighted by Gasteiger charge is 2.19. The molecule has 0 aliphatic carbocycles. The zero-order valence-corrected chi connectivity index (χ0v) is 12.7. The molecule has 0 saturated heterocycles. The molecule has 2 rings (SSSR count).